The van der Waals surface area contributed by atoms with Gasteiger partial charge in [0.25, 0.3) is 0 Å². The van der Waals surface area contributed by atoms with E-state index in [1.165, 1.54) is 327 Å². The van der Waals surface area contributed by atoms with Crippen LogP contribution in [0.1, 0.15) is 418 Å². The van der Waals surface area contributed by atoms with E-state index in [-0.39, 0.29) is 12.8 Å². The molecule has 96 heavy (non-hydrogen) atoms. The van der Waals surface area contributed by atoms with E-state index in [0.29, 0.717) is 19.3 Å². The lowest BCUT2D eigenvalue weighted by atomic mass is 9.98. The first-order valence-corrected chi connectivity index (χ1v) is 42.0. The Labute approximate surface area is 593 Å². The number of ether oxygens (including phenoxy) is 2. The molecule has 11 nitrogen and oxygen atoms in total. The van der Waals surface area contributed by atoms with Crippen LogP contribution in [0.5, 0.6) is 0 Å². The first-order valence-electron chi connectivity index (χ1n) is 42.0. The minimum absolute atomic E-state index is 0.247. The summed E-state index contributed by atoms with van der Waals surface area (Å²) in [5, 5.41) is 76.7. The van der Waals surface area contributed by atoms with Gasteiger partial charge in [0.2, 0.25) is 5.91 Å². The largest absolute Gasteiger partial charge is 0.394 e. The van der Waals surface area contributed by atoms with Crippen molar-refractivity contribution in [3.8, 4) is 0 Å². The van der Waals surface area contributed by atoms with Gasteiger partial charge in [0.15, 0.2) is 6.29 Å². The average molecular weight is 1360 g/mol. The molecule has 8 N–H and O–H groups in total. The van der Waals surface area contributed by atoms with Crippen molar-refractivity contribution in [3.05, 3.63) is 48.6 Å². The van der Waals surface area contributed by atoms with Crippen LogP contribution in [0.2, 0.25) is 0 Å². The van der Waals surface area contributed by atoms with Crippen molar-refractivity contribution in [2.75, 3.05) is 13.2 Å². The fourth-order valence-electron chi connectivity index (χ4n) is 13.7. The zero-order chi connectivity index (χ0) is 69.5. The van der Waals surface area contributed by atoms with E-state index >= 15 is 0 Å². The fourth-order valence-corrected chi connectivity index (χ4v) is 13.7. The molecule has 1 saturated heterocycles. The fraction of sp³-hybridized carbons (Fsp3) is 0.894. The summed E-state index contributed by atoms with van der Waals surface area (Å²) in [6, 6.07) is -1.19. The Morgan fingerprint density at radius 1 is 0.365 bits per heavy atom. The van der Waals surface area contributed by atoms with Gasteiger partial charge in [0.05, 0.1) is 25.4 Å². The highest BCUT2D eigenvalue weighted by Gasteiger charge is 2.44. The zero-order valence-corrected chi connectivity index (χ0v) is 63.1. The van der Waals surface area contributed by atoms with E-state index in [4.69, 9.17) is 9.47 Å². The van der Waals surface area contributed by atoms with Crippen LogP contribution in [0.4, 0.5) is 0 Å². The van der Waals surface area contributed by atoms with Crippen molar-refractivity contribution < 1.29 is 50.0 Å². The quantitative estimate of drug-likeness (QED) is 0.0215. The molecule has 1 aliphatic rings. The molecule has 9 unspecified atom stereocenters. The summed E-state index contributed by atoms with van der Waals surface area (Å²) in [5.74, 6) is -0.705. The molecule has 0 aromatic carbocycles. The molecule has 0 aromatic heterocycles. The number of unbranched alkanes of at least 4 members (excludes halogenated alkanes) is 55. The van der Waals surface area contributed by atoms with Crippen LogP contribution in [-0.4, -0.2) is 110 Å². The molecule has 0 radical (unpaired) electrons. The standard InChI is InChI=1S/C85H161NO10/c1-3-5-7-9-11-13-15-17-19-21-23-25-27-29-31-33-35-36-37-38-39-40-41-43-45-47-49-51-53-55-57-59-61-63-65-67-69-71-73-78(89)84(94)86-76(75-95-85-83(93)82(92)81(91)79(74-87)96-85)80(90)77(88)72-70-68-66-64-62-60-58-56-54-52-50-48-46-44-42-34-32-30-28-26-24-22-20-18-16-14-12-10-8-6-4-2/h35-36,38-39,56,58,64,66,76-83,85,87-93H,3-34,37,40-55,57,59-63,65,67-75H2,1-2H3,(H,86,94)/b36-35-,39-38-,58-56+,66-64+. The maximum absolute atomic E-state index is 13.3. The summed E-state index contributed by atoms with van der Waals surface area (Å²) in [4.78, 5) is 13.3. The Bertz CT molecular complexity index is 1710. The third-order valence-corrected chi connectivity index (χ3v) is 20.3. The van der Waals surface area contributed by atoms with E-state index in [9.17, 15) is 40.5 Å². The van der Waals surface area contributed by atoms with Gasteiger partial charge in [-0.2, -0.15) is 0 Å². The highest BCUT2D eigenvalue weighted by molar-refractivity contribution is 5.80. The number of rotatable bonds is 75. The van der Waals surface area contributed by atoms with E-state index in [1.807, 2.05) is 0 Å². The molecule has 0 saturated carbocycles. The SMILES string of the molecule is CCCCCCCCCCCCCCCCC/C=C\C/C=C\CCCCCCCCCCCCCCCCCCC(O)C(=O)NC(COC1OC(CO)C(O)C(O)C1O)C(O)C(O)CCC/C=C/CC/C=C/CCCCCCCCCCCCCCCCCCCCCCCC. The number of carbonyl (C=O) groups excluding carboxylic acids is 1. The molecule has 11 heteroatoms. The zero-order valence-electron chi connectivity index (χ0n) is 63.1. The number of aliphatic hydroxyl groups is 7. The number of nitrogens with one attached hydrogen (secondary N) is 1. The van der Waals surface area contributed by atoms with Crippen molar-refractivity contribution >= 4 is 5.91 Å². The highest BCUT2D eigenvalue weighted by Crippen LogP contribution is 2.24. The normalized spacial score (nSPS) is 18.3. The second kappa shape index (κ2) is 72.8. The Kier molecular flexibility index (Phi) is 69.9. The lowest BCUT2D eigenvalue weighted by Crippen LogP contribution is -2.60. The van der Waals surface area contributed by atoms with Crippen LogP contribution in [0.3, 0.4) is 0 Å². The van der Waals surface area contributed by atoms with Gasteiger partial charge in [-0.15, -0.1) is 0 Å². The topological polar surface area (TPSA) is 189 Å². The number of hydrogen-bond acceptors (Lipinski definition) is 10. The van der Waals surface area contributed by atoms with Crippen molar-refractivity contribution in [2.24, 2.45) is 0 Å². The van der Waals surface area contributed by atoms with Crippen molar-refractivity contribution in [1.29, 1.82) is 0 Å². The first kappa shape index (κ1) is 92.1. The van der Waals surface area contributed by atoms with Crippen molar-refractivity contribution in [3.63, 3.8) is 0 Å². The lowest BCUT2D eigenvalue weighted by Gasteiger charge is -2.40. The predicted octanol–water partition coefficient (Wildman–Crippen LogP) is 22.2. The number of carbonyl (C=O) groups is 1. The molecule has 9 atom stereocenters. The Morgan fingerprint density at radius 3 is 0.990 bits per heavy atom. The van der Waals surface area contributed by atoms with Gasteiger partial charge in [-0.25, -0.2) is 0 Å². The van der Waals surface area contributed by atoms with Gasteiger partial charge >= 0.3 is 0 Å². The number of hydrogen-bond donors (Lipinski definition) is 8. The third kappa shape index (κ3) is 58.7. The van der Waals surface area contributed by atoms with Crippen molar-refractivity contribution in [2.45, 2.75) is 473 Å². The van der Waals surface area contributed by atoms with Crippen LogP contribution in [-0.2, 0) is 14.3 Å². The van der Waals surface area contributed by atoms with Gasteiger partial charge in [0.1, 0.15) is 36.6 Å². The Hall–Kier alpha value is -1.93. The summed E-state index contributed by atoms with van der Waals surface area (Å²) in [6.07, 6.45) is 86.8. The number of allylic oxidation sites excluding steroid dienone is 8. The van der Waals surface area contributed by atoms with Crippen LogP contribution >= 0.6 is 0 Å². The molecule has 1 heterocycles. The highest BCUT2D eigenvalue weighted by atomic mass is 16.7. The monoisotopic (exact) mass is 1360 g/mol. The van der Waals surface area contributed by atoms with Crippen LogP contribution in [0.25, 0.3) is 0 Å². The maximum Gasteiger partial charge on any atom is 0.249 e. The second-order valence-corrected chi connectivity index (χ2v) is 29.5. The third-order valence-electron chi connectivity index (χ3n) is 20.3. The van der Waals surface area contributed by atoms with Gasteiger partial charge in [0, 0.05) is 0 Å². The van der Waals surface area contributed by atoms with Gasteiger partial charge in [-0.05, 0) is 83.5 Å². The average Bonchev–Trinajstić information content (AvgIpc) is 0.847. The van der Waals surface area contributed by atoms with Gasteiger partial charge in [-0.3, -0.25) is 4.79 Å². The summed E-state index contributed by atoms with van der Waals surface area (Å²) >= 11 is 0. The number of aliphatic hydroxyl groups excluding tert-OH is 7. The summed E-state index contributed by atoms with van der Waals surface area (Å²) < 4.78 is 11.2. The van der Waals surface area contributed by atoms with E-state index in [0.717, 1.165) is 44.9 Å². The number of amides is 1. The van der Waals surface area contributed by atoms with E-state index in [1.54, 1.807) is 0 Å². The molecular formula is C85H161NO10. The van der Waals surface area contributed by atoms with Gasteiger partial charge in [-0.1, -0.05) is 383 Å². The Morgan fingerprint density at radius 2 is 0.656 bits per heavy atom. The molecule has 1 fully saturated rings. The summed E-state index contributed by atoms with van der Waals surface area (Å²) in [6.45, 7) is 3.51. The second-order valence-electron chi connectivity index (χ2n) is 29.5. The van der Waals surface area contributed by atoms with Crippen LogP contribution in [0, 0.1) is 0 Å². The molecule has 0 aliphatic carbocycles. The summed E-state index contributed by atoms with van der Waals surface area (Å²) in [7, 11) is 0. The lowest BCUT2D eigenvalue weighted by molar-refractivity contribution is -0.303. The molecule has 1 amide bonds. The summed E-state index contributed by atoms with van der Waals surface area (Å²) in [5.41, 5.74) is 0. The molecule has 1 rings (SSSR count). The van der Waals surface area contributed by atoms with Crippen LogP contribution in [0.15, 0.2) is 48.6 Å². The van der Waals surface area contributed by atoms with E-state index in [2.05, 4.69) is 67.8 Å². The van der Waals surface area contributed by atoms with Gasteiger partial charge < -0.3 is 50.5 Å². The predicted molar refractivity (Wildman–Crippen MR) is 408 cm³/mol. The van der Waals surface area contributed by atoms with Crippen molar-refractivity contribution in [1.82, 2.24) is 5.32 Å². The smallest absolute Gasteiger partial charge is 0.249 e. The maximum atomic E-state index is 13.3. The van der Waals surface area contributed by atoms with E-state index < -0.39 is 74.2 Å². The molecule has 0 bridgehead atoms. The first-order chi connectivity index (χ1) is 47.2. The molecular weight excluding hydrogens is 1190 g/mol. The minimum atomic E-state index is -1.67. The minimum Gasteiger partial charge on any atom is -0.394 e. The molecule has 1 aliphatic heterocycles. The molecule has 566 valence electrons. The molecule has 0 aromatic rings. The molecule has 0 spiro atoms. The Balaban J connectivity index is 2.13. The van der Waals surface area contributed by atoms with Crippen LogP contribution < -0.4 is 5.32 Å².